The normalized spacial score (nSPS) is 10.3. The van der Waals surface area contributed by atoms with E-state index in [0.717, 1.165) is 5.56 Å². The Morgan fingerprint density at radius 2 is 2.20 bits per heavy atom. The molecule has 0 bridgehead atoms. The van der Waals surface area contributed by atoms with Crippen molar-refractivity contribution in [3.05, 3.63) is 41.3 Å². The highest BCUT2D eigenvalue weighted by Gasteiger charge is 2.10. The van der Waals surface area contributed by atoms with E-state index in [4.69, 9.17) is 4.52 Å². The fourth-order valence-corrected chi connectivity index (χ4v) is 1.30. The van der Waals surface area contributed by atoms with Crippen molar-refractivity contribution < 1.29 is 13.7 Å². The van der Waals surface area contributed by atoms with Gasteiger partial charge in [-0.15, -0.1) is 0 Å². The van der Waals surface area contributed by atoms with Gasteiger partial charge < -0.3 is 4.52 Å². The molecule has 0 unspecified atom stereocenters. The number of aryl methyl sites for hydroxylation is 1. The Bertz CT molecular complexity index is 505. The van der Waals surface area contributed by atoms with Crippen LogP contribution in [0.25, 0.3) is 11.3 Å². The molecule has 3 nitrogen and oxygen atoms in total. The standard InChI is InChI=1S/C11H8FNO2/c1-7-2-3-10(12)9(4-7)11-5-8(6-14)13-15-11/h2-6H,1H3. The van der Waals surface area contributed by atoms with Crippen LogP contribution in [-0.2, 0) is 0 Å². The first-order chi connectivity index (χ1) is 7.20. The van der Waals surface area contributed by atoms with Gasteiger partial charge in [0.1, 0.15) is 11.5 Å². The van der Waals surface area contributed by atoms with Gasteiger partial charge in [0.15, 0.2) is 12.0 Å². The van der Waals surface area contributed by atoms with Crippen LogP contribution >= 0.6 is 0 Å². The molecule has 0 radical (unpaired) electrons. The van der Waals surface area contributed by atoms with E-state index in [1.54, 1.807) is 12.1 Å². The second-order valence-corrected chi connectivity index (χ2v) is 3.22. The molecule has 0 amide bonds. The first-order valence-corrected chi connectivity index (χ1v) is 4.39. The van der Waals surface area contributed by atoms with Crippen LogP contribution in [0.15, 0.2) is 28.8 Å². The van der Waals surface area contributed by atoms with E-state index in [1.807, 2.05) is 6.92 Å². The third-order valence-corrected chi connectivity index (χ3v) is 2.04. The van der Waals surface area contributed by atoms with E-state index in [9.17, 15) is 9.18 Å². The molecule has 0 fully saturated rings. The molecule has 15 heavy (non-hydrogen) atoms. The molecule has 1 aromatic heterocycles. The fraction of sp³-hybridized carbons (Fsp3) is 0.0909. The summed E-state index contributed by atoms with van der Waals surface area (Å²) in [5.41, 5.74) is 1.39. The van der Waals surface area contributed by atoms with E-state index >= 15 is 0 Å². The number of hydrogen-bond donors (Lipinski definition) is 0. The van der Waals surface area contributed by atoms with Crippen molar-refractivity contribution in [1.82, 2.24) is 5.16 Å². The highest BCUT2D eigenvalue weighted by molar-refractivity contribution is 5.74. The Labute approximate surface area is 85.5 Å². The van der Waals surface area contributed by atoms with E-state index in [2.05, 4.69) is 5.16 Å². The van der Waals surface area contributed by atoms with Gasteiger partial charge in [-0.3, -0.25) is 4.79 Å². The molecule has 0 saturated carbocycles. The largest absolute Gasteiger partial charge is 0.355 e. The smallest absolute Gasteiger partial charge is 0.171 e. The van der Waals surface area contributed by atoms with Gasteiger partial charge in [-0.2, -0.15) is 0 Å². The van der Waals surface area contributed by atoms with Gasteiger partial charge in [0, 0.05) is 6.07 Å². The van der Waals surface area contributed by atoms with Gasteiger partial charge in [-0.25, -0.2) is 4.39 Å². The maximum Gasteiger partial charge on any atom is 0.171 e. The molecule has 76 valence electrons. The Balaban J connectivity index is 2.52. The lowest BCUT2D eigenvalue weighted by Crippen LogP contribution is -1.83. The fourth-order valence-electron chi connectivity index (χ4n) is 1.30. The number of nitrogens with zero attached hydrogens (tertiary/aromatic N) is 1. The van der Waals surface area contributed by atoms with Crippen molar-refractivity contribution in [2.45, 2.75) is 6.92 Å². The molecule has 4 heteroatoms. The number of carbonyl (C=O) groups excluding carboxylic acids is 1. The lowest BCUT2D eigenvalue weighted by atomic mass is 10.1. The topological polar surface area (TPSA) is 43.1 Å². The van der Waals surface area contributed by atoms with Crippen LogP contribution in [0.5, 0.6) is 0 Å². The Morgan fingerprint density at radius 3 is 2.87 bits per heavy atom. The molecule has 0 aliphatic carbocycles. The molecule has 1 aromatic carbocycles. The summed E-state index contributed by atoms with van der Waals surface area (Å²) in [5.74, 6) is -0.132. The van der Waals surface area contributed by atoms with Crippen molar-refractivity contribution in [1.29, 1.82) is 0 Å². The number of hydrogen-bond acceptors (Lipinski definition) is 3. The van der Waals surface area contributed by atoms with Gasteiger partial charge in [-0.1, -0.05) is 16.8 Å². The minimum Gasteiger partial charge on any atom is -0.355 e. The lowest BCUT2D eigenvalue weighted by Gasteiger charge is -1.99. The second kappa shape index (κ2) is 3.65. The Morgan fingerprint density at radius 1 is 1.40 bits per heavy atom. The summed E-state index contributed by atoms with van der Waals surface area (Å²) in [6.45, 7) is 1.85. The first-order valence-electron chi connectivity index (χ1n) is 4.39. The minimum absolute atomic E-state index is 0.158. The third kappa shape index (κ3) is 1.79. The molecule has 0 saturated heterocycles. The van der Waals surface area contributed by atoms with Crippen LogP contribution < -0.4 is 0 Å². The van der Waals surface area contributed by atoms with Crippen molar-refractivity contribution in [3.63, 3.8) is 0 Å². The van der Waals surface area contributed by atoms with Crippen LogP contribution in [-0.4, -0.2) is 11.4 Å². The van der Waals surface area contributed by atoms with Crippen molar-refractivity contribution in [2.24, 2.45) is 0 Å². The number of aromatic nitrogens is 1. The minimum atomic E-state index is -0.394. The summed E-state index contributed by atoms with van der Waals surface area (Å²) in [7, 11) is 0. The van der Waals surface area contributed by atoms with E-state index < -0.39 is 5.82 Å². The van der Waals surface area contributed by atoms with E-state index in [1.165, 1.54) is 12.1 Å². The van der Waals surface area contributed by atoms with Crippen LogP contribution in [0.3, 0.4) is 0 Å². The molecule has 0 N–H and O–H groups in total. The van der Waals surface area contributed by atoms with Crippen LogP contribution in [0.1, 0.15) is 16.1 Å². The van der Waals surface area contributed by atoms with Crippen molar-refractivity contribution in [3.8, 4) is 11.3 Å². The zero-order valence-corrected chi connectivity index (χ0v) is 8.03. The number of carbonyl (C=O) groups is 1. The first kappa shape index (κ1) is 9.58. The van der Waals surface area contributed by atoms with Crippen LogP contribution in [0, 0.1) is 12.7 Å². The SMILES string of the molecule is Cc1ccc(F)c(-c2cc(C=O)no2)c1. The predicted molar refractivity (Wildman–Crippen MR) is 52.0 cm³/mol. The third-order valence-electron chi connectivity index (χ3n) is 2.04. The molecule has 0 aliphatic heterocycles. The summed E-state index contributed by atoms with van der Waals surface area (Å²) in [5, 5.41) is 3.47. The van der Waals surface area contributed by atoms with Gasteiger partial charge in [-0.05, 0) is 19.1 Å². The molecule has 2 aromatic rings. The monoisotopic (exact) mass is 205 g/mol. The Kier molecular flexibility index (Phi) is 2.33. The maximum absolute atomic E-state index is 13.4. The van der Waals surface area contributed by atoms with Crippen molar-refractivity contribution in [2.75, 3.05) is 0 Å². The zero-order chi connectivity index (χ0) is 10.8. The summed E-state index contributed by atoms with van der Waals surface area (Å²) in [4.78, 5) is 10.4. The Hall–Kier alpha value is -1.97. The predicted octanol–water partition coefficient (Wildman–Crippen LogP) is 2.60. The lowest BCUT2D eigenvalue weighted by molar-refractivity contribution is 0.111. The van der Waals surface area contributed by atoms with Gasteiger partial charge in [0.25, 0.3) is 0 Å². The van der Waals surface area contributed by atoms with Crippen LogP contribution in [0.2, 0.25) is 0 Å². The number of rotatable bonds is 2. The summed E-state index contributed by atoms with van der Waals surface area (Å²) >= 11 is 0. The highest BCUT2D eigenvalue weighted by atomic mass is 19.1. The number of aldehydes is 1. The molecule has 1 heterocycles. The average Bonchev–Trinajstić information content (AvgIpc) is 2.70. The van der Waals surface area contributed by atoms with Crippen molar-refractivity contribution >= 4 is 6.29 Å². The summed E-state index contributed by atoms with van der Waals surface area (Å²) < 4.78 is 18.2. The maximum atomic E-state index is 13.4. The van der Waals surface area contributed by atoms with E-state index in [0.29, 0.717) is 11.8 Å². The molecule has 0 atom stereocenters. The average molecular weight is 205 g/mol. The summed E-state index contributed by atoms with van der Waals surface area (Å²) in [6, 6.07) is 6.07. The zero-order valence-electron chi connectivity index (χ0n) is 8.03. The molecule has 2 rings (SSSR count). The highest BCUT2D eigenvalue weighted by Crippen LogP contribution is 2.24. The van der Waals surface area contributed by atoms with Gasteiger partial charge >= 0.3 is 0 Å². The quantitative estimate of drug-likeness (QED) is 0.708. The number of benzene rings is 1. The molecule has 0 spiro atoms. The number of halogens is 1. The van der Waals surface area contributed by atoms with Gasteiger partial charge in [0.05, 0.1) is 5.56 Å². The molecular weight excluding hydrogens is 197 g/mol. The molecule has 0 aliphatic rings. The molecular formula is C11H8FNO2. The second-order valence-electron chi connectivity index (χ2n) is 3.22. The van der Waals surface area contributed by atoms with Gasteiger partial charge in [0.2, 0.25) is 0 Å². The van der Waals surface area contributed by atoms with E-state index in [-0.39, 0.29) is 11.5 Å². The van der Waals surface area contributed by atoms with Crippen LogP contribution in [0.4, 0.5) is 4.39 Å². The summed E-state index contributed by atoms with van der Waals surface area (Å²) in [6.07, 6.45) is 0.556.